The third kappa shape index (κ3) is 9.17. The Morgan fingerprint density at radius 3 is 1.08 bits per heavy atom. The van der Waals surface area contributed by atoms with Crippen LogP contribution in [0.1, 0.15) is 116 Å². The molecule has 0 aliphatic carbocycles. The number of hydrogen-bond acceptors (Lipinski definition) is 0. The molecule has 0 fully saturated rings. The van der Waals surface area contributed by atoms with E-state index < -0.39 is 24.2 Å². The number of rotatable bonds is 6. The molecule has 0 saturated carbocycles. The second kappa shape index (κ2) is 15.4. The van der Waals surface area contributed by atoms with Crippen molar-refractivity contribution in [3.8, 4) is 58.6 Å². The van der Waals surface area contributed by atoms with E-state index in [1.807, 2.05) is 12.1 Å². The molecule has 0 aliphatic heterocycles. The molecular weight excluding hydrogens is 637 g/mol. The highest BCUT2D eigenvalue weighted by atomic mass is 28.3. The van der Waals surface area contributed by atoms with Crippen molar-refractivity contribution in [3.63, 3.8) is 0 Å². The SMILES string of the molecule is C#Cc1c(C#C[Si](C)(C)C(C)(C)C(C)C)ccc(C#C[Si](C)(C)C(C)(C)C(C)C)c1C#Cc1ccccc1C#C[Si](C)(C)C(C)(C)C(C)C. The van der Waals surface area contributed by atoms with Crippen molar-refractivity contribution in [1.82, 2.24) is 0 Å². The number of hydrogen-bond donors (Lipinski definition) is 0. The fourth-order valence-electron chi connectivity index (χ4n) is 5.24. The minimum Gasteiger partial charge on any atom is -0.126 e. The maximum Gasteiger partial charge on any atom is 0.138 e. The molecule has 2 rings (SSSR count). The van der Waals surface area contributed by atoms with E-state index in [0.717, 1.165) is 33.4 Å². The van der Waals surface area contributed by atoms with E-state index >= 15 is 0 Å². The molecule has 0 amide bonds. The lowest BCUT2D eigenvalue weighted by atomic mass is 9.96. The maximum absolute atomic E-state index is 6.31. The van der Waals surface area contributed by atoms with Crippen molar-refractivity contribution >= 4 is 24.2 Å². The van der Waals surface area contributed by atoms with Crippen molar-refractivity contribution in [2.24, 2.45) is 17.8 Å². The van der Waals surface area contributed by atoms with Gasteiger partial charge in [-0.15, -0.1) is 23.1 Å². The predicted octanol–water partition coefficient (Wildman–Crippen LogP) is 12.2. The van der Waals surface area contributed by atoms with Crippen LogP contribution in [0.5, 0.6) is 0 Å². The quantitative estimate of drug-likeness (QED) is 0.208. The monoisotopic (exact) mass is 700 g/mol. The summed E-state index contributed by atoms with van der Waals surface area (Å²) in [4.78, 5) is 0. The van der Waals surface area contributed by atoms with Crippen LogP contribution in [0.4, 0.5) is 0 Å². The van der Waals surface area contributed by atoms with Crippen molar-refractivity contribution in [2.75, 3.05) is 0 Å². The average molecular weight is 701 g/mol. The van der Waals surface area contributed by atoms with E-state index in [1.54, 1.807) is 0 Å². The first-order chi connectivity index (χ1) is 22.3. The second-order valence-electron chi connectivity index (χ2n) is 18.1. The van der Waals surface area contributed by atoms with Gasteiger partial charge in [0.1, 0.15) is 24.2 Å². The van der Waals surface area contributed by atoms with Crippen molar-refractivity contribution < 1.29 is 0 Å². The molecule has 0 unspecified atom stereocenters. The van der Waals surface area contributed by atoms with E-state index in [0.29, 0.717) is 17.8 Å². The van der Waals surface area contributed by atoms with E-state index in [1.165, 1.54) is 0 Å². The zero-order valence-corrected chi connectivity index (χ0v) is 37.3. The van der Waals surface area contributed by atoms with Crippen LogP contribution in [0.25, 0.3) is 0 Å². The van der Waals surface area contributed by atoms with Gasteiger partial charge in [0, 0.05) is 22.3 Å². The molecule has 0 nitrogen and oxygen atoms in total. The molecule has 0 saturated heterocycles. The van der Waals surface area contributed by atoms with Crippen molar-refractivity contribution in [3.05, 3.63) is 69.8 Å². The summed E-state index contributed by atoms with van der Waals surface area (Å²) in [5.74, 6) is 22.4. The highest BCUT2D eigenvalue weighted by Crippen LogP contribution is 2.45. The van der Waals surface area contributed by atoms with Gasteiger partial charge in [0.25, 0.3) is 0 Å². The standard InChI is InChI=1S/C46H64Si3/c1-20-42-40(30-33-48(16,17)45(10,11)36(4)5)25-26-41(31-34-49(18,19)46(12,13)37(6)7)43(42)28-27-38-23-21-22-24-39(38)29-32-47(14,15)44(8,9)35(2)3/h1,21-26,35-37H,2-19H3. The molecule has 0 N–H and O–H groups in total. The molecular formula is C46H64Si3. The Morgan fingerprint density at radius 2 is 0.755 bits per heavy atom. The van der Waals surface area contributed by atoms with Gasteiger partial charge in [-0.25, -0.2) is 0 Å². The zero-order chi connectivity index (χ0) is 37.8. The number of terminal acetylenes is 1. The van der Waals surface area contributed by atoms with E-state index in [2.05, 4.69) is 199 Å². The Labute approximate surface area is 306 Å². The minimum atomic E-state index is -1.96. The fraction of sp³-hybridized carbons (Fsp3) is 0.522. The molecule has 0 radical (unpaired) electrons. The Balaban J connectivity index is 2.91. The van der Waals surface area contributed by atoms with Gasteiger partial charge in [-0.3, -0.25) is 0 Å². The summed E-state index contributed by atoms with van der Waals surface area (Å²) in [5.41, 5.74) is 16.4. The lowest BCUT2D eigenvalue weighted by Crippen LogP contribution is -2.41. The van der Waals surface area contributed by atoms with Crippen molar-refractivity contribution in [1.29, 1.82) is 0 Å². The summed E-state index contributed by atoms with van der Waals surface area (Å²) >= 11 is 0. The Kier molecular flexibility index (Phi) is 13.2. The normalized spacial score (nSPS) is 12.6. The van der Waals surface area contributed by atoms with Crippen LogP contribution in [-0.2, 0) is 0 Å². The highest BCUT2D eigenvalue weighted by Gasteiger charge is 2.42. The third-order valence-corrected chi connectivity index (χ3v) is 26.9. The Hall–Kier alpha value is -3.11. The van der Waals surface area contributed by atoms with Crippen LogP contribution < -0.4 is 0 Å². The largest absolute Gasteiger partial charge is 0.138 e. The number of benzene rings is 2. The predicted molar refractivity (Wildman–Crippen MR) is 227 cm³/mol. The molecule has 0 heterocycles. The molecule has 0 spiro atoms. The summed E-state index contributed by atoms with van der Waals surface area (Å²) in [5, 5.41) is 0.473. The molecule has 2 aromatic carbocycles. The molecule has 260 valence electrons. The smallest absolute Gasteiger partial charge is 0.126 e. The van der Waals surface area contributed by atoms with Gasteiger partial charge in [-0.05, 0) is 57.1 Å². The molecule has 0 bridgehead atoms. The lowest BCUT2D eigenvalue weighted by molar-refractivity contribution is 0.462. The van der Waals surface area contributed by atoms with Crippen LogP contribution in [0.15, 0.2) is 36.4 Å². The van der Waals surface area contributed by atoms with Crippen LogP contribution in [0, 0.1) is 76.3 Å². The van der Waals surface area contributed by atoms with Crippen LogP contribution in [-0.4, -0.2) is 24.2 Å². The zero-order valence-electron chi connectivity index (χ0n) is 34.3. The van der Waals surface area contributed by atoms with Gasteiger partial charge >= 0.3 is 0 Å². The van der Waals surface area contributed by atoms with E-state index in [4.69, 9.17) is 6.42 Å². The average Bonchev–Trinajstić information content (AvgIpc) is 3.00. The van der Waals surface area contributed by atoms with Crippen LogP contribution >= 0.6 is 0 Å². The van der Waals surface area contributed by atoms with Gasteiger partial charge in [-0.2, -0.15) is 0 Å². The summed E-state index contributed by atoms with van der Waals surface area (Å²) in [6, 6.07) is 12.4. The minimum absolute atomic E-state index is 0.143. The summed E-state index contributed by atoms with van der Waals surface area (Å²) in [6.07, 6.45) is 6.31. The van der Waals surface area contributed by atoms with Gasteiger partial charge < -0.3 is 0 Å². The van der Waals surface area contributed by atoms with Crippen molar-refractivity contribution in [2.45, 2.75) is 137 Å². The molecule has 0 atom stereocenters. The highest BCUT2D eigenvalue weighted by molar-refractivity contribution is 6.88. The first-order valence-electron chi connectivity index (χ1n) is 18.1. The third-order valence-electron chi connectivity index (χ3n) is 13.3. The lowest BCUT2D eigenvalue weighted by Gasteiger charge is -2.39. The molecule has 49 heavy (non-hydrogen) atoms. The van der Waals surface area contributed by atoms with E-state index in [9.17, 15) is 0 Å². The van der Waals surface area contributed by atoms with E-state index in [-0.39, 0.29) is 15.1 Å². The molecule has 0 aliphatic rings. The Bertz CT molecular complexity index is 1820. The first-order valence-corrected chi connectivity index (χ1v) is 27.1. The van der Waals surface area contributed by atoms with Crippen LogP contribution in [0.3, 0.4) is 0 Å². The second-order valence-corrected chi connectivity index (χ2v) is 32.5. The van der Waals surface area contributed by atoms with Gasteiger partial charge in [0.15, 0.2) is 0 Å². The molecule has 3 heteroatoms. The van der Waals surface area contributed by atoms with Gasteiger partial charge in [0.2, 0.25) is 0 Å². The fourth-order valence-corrected chi connectivity index (χ4v) is 11.9. The topological polar surface area (TPSA) is 0 Å². The Morgan fingerprint density at radius 1 is 0.449 bits per heavy atom. The summed E-state index contributed by atoms with van der Waals surface area (Å²) < 4.78 is 0. The van der Waals surface area contributed by atoms with Gasteiger partial charge in [0.05, 0.1) is 11.1 Å². The van der Waals surface area contributed by atoms with Crippen LogP contribution in [0.2, 0.25) is 54.4 Å². The summed E-state index contributed by atoms with van der Waals surface area (Å²) in [7, 11) is -5.78. The maximum atomic E-state index is 6.31. The first kappa shape index (κ1) is 42.1. The van der Waals surface area contributed by atoms with Gasteiger partial charge in [-0.1, -0.05) is 170 Å². The molecule has 0 aromatic heterocycles. The molecule has 2 aromatic rings. The summed E-state index contributed by atoms with van der Waals surface area (Å²) in [6.45, 7) is 42.2.